The minimum Gasteiger partial charge on any atom is -0.376 e. The van der Waals surface area contributed by atoms with E-state index in [1.165, 1.54) is 111 Å². The fraction of sp³-hybridized carbons (Fsp3) is 0.0370. The molecule has 0 saturated carbocycles. The van der Waals surface area contributed by atoms with Crippen LogP contribution in [0.15, 0.2) is 315 Å². The van der Waals surface area contributed by atoms with E-state index in [0.717, 1.165) is 34.1 Å². The van der Waals surface area contributed by atoms with Gasteiger partial charge in [0.15, 0.2) is 0 Å². The van der Waals surface area contributed by atoms with Crippen molar-refractivity contribution in [2.45, 2.75) is 19.3 Å². The highest BCUT2D eigenvalue weighted by Crippen LogP contribution is 2.58. The normalized spacial score (nSPS) is 13.1. The number of anilines is 8. The highest BCUT2D eigenvalue weighted by molar-refractivity contribution is 6.94. The van der Waals surface area contributed by atoms with Crippen molar-refractivity contribution in [1.29, 1.82) is 0 Å². The van der Waals surface area contributed by atoms with Crippen molar-refractivity contribution in [1.82, 2.24) is 0 Å². The van der Waals surface area contributed by atoms with Crippen LogP contribution in [-0.4, -0.2) is 6.85 Å². The van der Waals surface area contributed by atoms with E-state index >= 15 is 0 Å². The molecule has 0 fully saturated rings. The minimum absolute atomic E-state index is 0.224. The Morgan fingerprint density at radius 2 is 0.694 bits per heavy atom. The summed E-state index contributed by atoms with van der Waals surface area (Å²) in [6.45, 7) is 4.63. The first-order chi connectivity index (χ1) is 41.9. The molecule has 400 valence electrons. The summed E-state index contributed by atoms with van der Waals surface area (Å²) in [5, 5.41) is 0. The van der Waals surface area contributed by atoms with E-state index in [1.54, 1.807) is 0 Å². The zero-order valence-corrected chi connectivity index (χ0v) is 47.4. The molecule has 0 atom stereocenters. The number of rotatable bonds is 10. The van der Waals surface area contributed by atoms with E-state index in [0.29, 0.717) is 0 Å². The molecule has 2 heterocycles. The smallest absolute Gasteiger partial charge is 0.333 e. The predicted molar refractivity (Wildman–Crippen MR) is 360 cm³/mol. The lowest BCUT2D eigenvalue weighted by Crippen LogP contribution is -2.61. The summed E-state index contributed by atoms with van der Waals surface area (Å²) in [6.07, 6.45) is 0. The van der Waals surface area contributed by atoms with Gasteiger partial charge < -0.3 is 14.6 Å². The van der Waals surface area contributed by atoms with Crippen molar-refractivity contribution in [3.8, 4) is 77.9 Å². The van der Waals surface area contributed by atoms with E-state index in [4.69, 9.17) is 0 Å². The zero-order valence-electron chi connectivity index (χ0n) is 47.4. The van der Waals surface area contributed by atoms with E-state index in [2.05, 4.69) is 344 Å². The Labute approximate surface area is 498 Å². The topological polar surface area (TPSA) is 9.72 Å². The van der Waals surface area contributed by atoms with Crippen molar-refractivity contribution >= 4 is 63.3 Å². The second-order valence-corrected chi connectivity index (χ2v) is 23.2. The fourth-order valence-corrected chi connectivity index (χ4v) is 13.9. The molecule has 4 heteroatoms. The van der Waals surface area contributed by atoms with Gasteiger partial charge in [-0.15, -0.1) is 0 Å². The summed E-state index contributed by atoms with van der Waals surface area (Å²) in [5.41, 5.74) is 30.8. The zero-order chi connectivity index (χ0) is 56.6. The van der Waals surface area contributed by atoms with E-state index in [1.807, 2.05) is 0 Å². The Morgan fingerprint density at radius 1 is 0.294 bits per heavy atom. The lowest BCUT2D eigenvalue weighted by molar-refractivity contribution is 0.660. The second kappa shape index (κ2) is 20.3. The molecule has 0 aromatic heterocycles. The first-order valence-corrected chi connectivity index (χ1v) is 29.6. The molecule has 0 spiro atoms. The first-order valence-electron chi connectivity index (χ1n) is 29.6. The summed E-state index contributed by atoms with van der Waals surface area (Å²) in [6, 6.07) is 117. The molecule has 0 saturated heterocycles. The Morgan fingerprint density at radius 3 is 1.20 bits per heavy atom. The maximum absolute atomic E-state index is 2.66. The molecule has 85 heavy (non-hydrogen) atoms. The summed E-state index contributed by atoms with van der Waals surface area (Å²) in [4.78, 5) is 7.69. The SMILES string of the molecule is CC1(C)c2ccccc2-c2c1cc1c3c2-c2cc(N(c4ccc(-c5ccccc5)cc4)c4ccc(-c5ccccc5)cc4)ccc2N(c2ccc(-c4ccccc4)cc2)B3c2cc(-c3ccccc3)ccc2N1c1ccc(-c2ccccc2)cc1. The predicted octanol–water partition coefficient (Wildman–Crippen LogP) is 20.5. The molecule has 16 rings (SSSR count). The highest BCUT2D eigenvalue weighted by Gasteiger charge is 2.49. The Balaban J connectivity index is 0.985. The quantitative estimate of drug-likeness (QED) is 0.126. The molecule has 3 nitrogen and oxygen atoms in total. The highest BCUT2D eigenvalue weighted by atomic mass is 15.2. The van der Waals surface area contributed by atoms with Crippen molar-refractivity contribution in [2.24, 2.45) is 0 Å². The third kappa shape index (κ3) is 8.43. The van der Waals surface area contributed by atoms with Crippen LogP contribution in [0.25, 0.3) is 77.9 Å². The van der Waals surface area contributed by atoms with Gasteiger partial charge in [0.1, 0.15) is 0 Å². The summed E-state index contributed by atoms with van der Waals surface area (Å²) in [5.74, 6) is 0. The van der Waals surface area contributed by atoms with Gasteiger partial charge >= 0.3 is 6.85 Å². The van der Waals surface area contributed by atoms with Gasteiger partial charge in [0.2, 0.25) is 0 Å². The third-order valence-corrected chi connectivity index (χ3v) is 18.0. The van der Waals surface area contributed by atoms with Gasteiger partial charge in [0.25, 0.3) is 0 Å². The lowest BCUT2D eigenvalue weighted by Gasteiger charge is -2.47. The Kier molecular flexibility index (Phi) is 12.0. The van der Waals surface area contributed by atoms with Crippen molar-refractivity contribution < 1.29 is 0 Å². The molecule has 13 aromatic carbocycles. The average Bonchev–Trinajstić information content (AvgIpc) is 1.74. The standard InChI is InChI=1S/C81H58BN3/c1-81(2)72-31-19-18-30-70(72)78-73(81)54-77-80-79(78)71-53-69(83(65-41-32-60(33-42-65)55-20-8-3-9-21-55)66-43-34-61(35-44-66)56-22-10-4-11-23-56)49-51-75(71)85(68-47-38-63(39-48-68)58-26-14-6-15-27-58)82(80)74-52-64(59-28-16-7-17-29-59)40-50-76(74)84(77)67-45-36-62(37-46-67)57-24-12-5-13-25-57/h3-54H,1-2H3. The lowest BCUT2D eigenvalue weighted by atomic mass is 9.42. The largest absolute Gasteiger partial charge is 0.376 e. The van der Waals surface area contributed by atoms with Crippen LogP contribution in [0.5, 0.6) is 0 Å². The molecular weight excluding hydrogens is 1030 g/mol. The van der Waals surface area contributed by atoms with Gasteiger partial charge in [0.05, 0.1) is 0 Å². The number of hydrogen-bond acceptors (Lipinski definition) is 3. The fourth-order valence-electron chi connectivity index (χ4n) is 13.9. The van der Waals surface area contributed by atoms with Crippen LogP contribution in [0.3, 0.4) is 0 Å². The number of benzene rings is 13. The summed E-state index contributed by atoms with van der Waals surface area (Å²) < 4.78 is 0. The van der Waals surface area contributed by atoms with Crippen molar-refractivity contribution in [2.75, 3.05) is 14.6 Å². The van der Waals surface area contributed by atoms with Gasteiger partial charge in [-0.3, -0.25) is 0 Å². The molecule has 3 aliphatic rings. The molecule has 0 N–H and O–H groups in total. The van der Waals surface area contributed by atoms with Gasteiger partial charge in [0, 0.05) is 56.5 Å². The maximum Gasteiger partial charge on any atom is 0.333 e. The van der Waals surface area contributed by atoms with Crippen LogP contribution in [0.4, 0.5) is 45.5 Å². The third-order valence-electron chi connectivity index (χ3n) is 18.0. The van der Waals surface area contributed by atoms with E-state index in [9.17, 15) is 0 Å². The van der Waals surface area contributed by atoms with Crippen LogP contribution in [-0.2, 0) is 5.41 Å². The van der Waals surface area contributed by atoms with Crippen LogP contribution in [0.1, 0.15) is 25.0 Å². The molecule has 0 unspecified atom stereocenters. The monoisotopic (exact) mass is 1080 g/mol. The van der Waals surface area contributed by atoms with Crippen LogP contribution >= 0.6 is 0 Å². The van der Waals surface area contributed by atoms with Crippen molar-refractivity contribution in [3.05, 3.63) is 327 Å². The van der Waals surface area contributed by atoms with Crippen LogP contribution in [0, 0.1) is 0 Å². The maximum atomic E-state index is 2.66. The summed E-state index contributed by atoms with van der Waals surface area (Å²) >= 11 is 0. The molecule has 0 bridgehead atoms. The number of fused-ring (bicyclic) bond motifs is 8. The van der Waals surface area contributed by atoms with E-state index in [-0.39, 0.29) is 12.3 Å². The molecule has 0 radical (unpaired) electrons. The van der Waals surface area contributed by atoms with Crippen LogP contribution < -0.4 is 25.5 Å². The van der Waals surface area contributed by atoms with E-state index < -0.39 is 0 Å². The molecule has 13 aromatic rings. The second-order valence-electron chi connectivity index (χ2n) is 23.2. The molecular formula is C81H58BN3. The Bertz CT molecular complexity index is 4540. The Hall–Kier alpha value is -10.7. The minimum atomic E-state index is -0.303. The molecule has 1 aliphatic carbocycles. The van der Waals surface area contributed by atoms with Crippen LogP contribution in [0.2, 0.25) is 0 Å². The average molecular weight is 1080 g/mol. The summed E-state index contributed by atoms with van der Waals surface area (Å²) in [7, 11) is 0. The number of nitrogens with zero attached hydrogens (tertiary/aromatic N) is 3. The first kappa shape index (κ1) is 50.1. The molecule has 2 aliphatic heterocycles. The van der Waals surface area contributed by atoms with Gasteiger partial charge in [-0.2, -0.15) is 0 Å². The van der Waals surface area contributed by atoms with Gasteiger partial charge in [-0.25, -0.2) is 0 Å². The molecule has 0 amide bonds. The van der Waals surface area contributed by atoms with Gasteiger partial charge in [-0.05, 0) is 173 Å². The number of hydrogen-bond donors (Lipinski definition) is 0. The van der Waals surface area contributed by atoms with Crippen molar-refractivity contribution in [3.63, 3.8) is 0 Å². The van der Waals surface area contributed by atoms with Gasteiger partial charge in [-0.1, -0.05) is 250 Å².